The highest BCUT2D eigenvalue weighted by Crippen LogP contribution is 1.72. The fraction of sp³-hybridized carbons (Fsp3) is 0.800. The van der Waals surface area contributed by atoms with Gasteiger partial charge in [-0.2, -0.15) is 0 Å². The number of nitrogens with one attached hydrogen (secondary N) is 2. The van der Waals surface area contributed by atoms with Gasteiger partial charge in [0.25, 0.3) is 0 Å². The van der Waals surface area contributed by atoms with E-state index in [1.54, 1.807) is 6.92 Å². The van der Waals surface area contributed by atoms with Crippen molar-refractivity contribution in [3.8, 4) is 0 Å². The minimum atomic E-state index is -0.00736. The summed E-state index contributed by atoms with van der Waals surface area (Å²) in [6.45, 7) is 2.46. The van der Waals surface area contributed by atoms with E-state index in [1.807, 2.05) is 0 Å². The Balaban J connectivity index is 2.97. The molecule has 0 heterocycles. The average Bonchev–Trinajstić information content (AvgIpc) is 1.89. The smallest absolute Gasteiger partial charge is 0.219 e. The molecule has 0 spiro atoms. The van der Waals surface area contributed by atoms with Crippen molar-refractivity contribution in [1.29, 1.82) is 0 Å². The summed E-state index contributed by atoms with van der Waals surface area (Å²) < 4.78 is 0. The average molecular weight is 131 g/mol. The van der Waals surface area contributed by atoms with Crippen LogP contribution in [0.1, 0.15) is 13.3 Å². The van der Waals surface area contributed by atoms with Gasteiger partial charge in [-0.1, -0.05) is 6.92 Å². The van der Waals surface area contributed by atoms with Gasteiger partial charge in [0, 0.05) is 13.0 Å². The van der Waals surface area contributed by atoms with Crippen molar-refractivity contribution in [3.05, 3.63) is 0 Å². The standard InChI is InChI=1S/C5H11N2O2/c1-2-5(8)7-3-4-9-6/h6H,2-4H2,1H3,(H,7,8). The molecule has 1 radical (unpaired) electrons. The van der Waals surface area contributed by atoms with Gasteiger partial charge in [0.2, 0.25) is 5.91 Å². The van der Waals surface area contributed by atoms with Crippen LogP contribution in [0.2, 0.25) is 0 Å². The second-order valence-electron chi connectivity index (χ2n) is 1.55. The number of rotatable bonds is 4. The van der Waals surface area contributed by atoms with E-state index in [2.05, 4.69) is 10.2 Å². The second kappa shape index (κ2) is 5.53. The van der Waals surface area contributed by atoms with E-state index in [9.17, 15) is 4.79 Å². The van der Waals surface area contributed by atoms with Crippen LogP contribution in [-0.2, 0) is 9.63 Å². The molecule has 1 amide bonds. The monoisotopic (exact) mass is 131 g/mol. The predicted octanol–water partition coefficient (Wildman–Crippen LogP) is -0.273. The Morgan fingerprint density at radius 1 is 1.78 bits per heavy atom. The summed E-state index contributed by atoms with van der Waals surface area (Å²) >= 11 is 0. The summed E-state index contributed by atoms with van der Waals surface area (Å²) in [5.74, 6) is 6.25. The van der Waals surface area contributed by atoms with Crippen LogP contribution >= 0.6 is 0 Å². The van der Waals surface area contributed by atoms with Gasteiger partial charge in [-0.3, -0.25) is 9.63 Å². The third-order valence-electron chi connectivity index (χ3n) is 0.847. The summed E-state index contributed by atoms with van der Waals surface area (Å²) in [5, 5.41) is 2.55. The molecule has 0 aliphatic rings. The van der Waals surface area contributed by atoms with Crippen LogP contribution in [0.5, 0.6) is 0 Å². The van der Waals surface area contributed by atoms with Gasteiger partial charge in [0.15, 0.2) is 0 Å². The Morgan fingerprint density at radius 2 is 2.44 bits per heavy atom. The van der Waals surface area contributed by atoms with E-state index < -0.39 is 0 Å². The van der Waals surface area contributed by atoms with Crippen molar-refractivity contribution in [2.45, 2.75) is 13.3 Å². The van der Waals surface area contributed by atoms with Crippen molar-refractivity contribution in [2.75, 3.05) is 13.2 Å². The molecule has 4 heteroatoms. The summed E-state index contributed by atoms with van der Waals surface area (Å²) in [6, 6.07) is 0. The lowest BCUT2D eigenvalue weighted by atomic mass is 10.4. The summed E-state index contributed by atoms with van der Waals surface area (Å²) in [4.78, 5) is 14.4. The molecule has 0 bridgehead atoms. The summed E-state index contributed by atoms with van der Waals surface area (Å²) in [5.41, 5.74) is 0. The highest BCUT2D eigenvalue weighted by molar-refractivity contribution is 5.75. The van der Waals surface area contributed by atoms with Gasteiger partial charge >= 0.3 is 0 Å². The van der Waals surface area contributed by atoms with Gasteiger partial charge < -0.3 is 5.32 Å². The molecule has 53 valence electrons. The maximum Gasteiger partial charge on any atom is 0.219 e. The van der Waals surface area contributed by atoms with Gasteiger partial charge in [-0.15, -0.1) is 5.90 Å². The van der Waals surface area contributed by atoms with Crippen LogP contribution in [-0.4, -0.2) is 19.1 Å². The number of amides is 1. The minimum Gasteiger partial charge on any atom is -0.354 e. The van der Waals surface area contributed by atoms with Crippen molar-refractivity contribution >= 4 is 5.91 Å². The van der Waals surface area contributed by atoms with E-state index in [-0.39, 0.29) is 12.5 Å². The van der Waals surface area contributed by atoms with Crippen molar-refractivity contribution in [1.82, 2.24) is 11.2 Å². The Bertz CT molecular complexity index is 85.0. The summed E-state index contributed by atoms with van der Waals surface area (Å²) in [6.07, 6.45) is 0.484. The normalized spacial score (nSPS) is 9.11. The lowest BCUT2D eigenvalue weighted by molar-refractivity contribution is -0.121. The third-order valence-corrected chi connectivity index (χ3v) is 0.847. The van der Waals surface area contributed by atoms with E-state index in [0.717, 1.165) is 0 Å². The lowest BCUT2D eigenvalue weighted by Gasteiger charge is -1.99. The summed E-state index contributed by atoms with van der Waals surface area (Å²) in [7, 11) is 0. The van der Waals surface area contributed by atoms with Crippen LogP contribution in [0.3, 0.4) is 0 Å². The number of carbonyl (C=O) groups excluding carboxylic acids is 1. The molecule has 0 saturated heterocycles. The molecule has 0 aromatic rings. The molecular formula is C5H11N2O2. The molecular weight excluding hydrogens is 120 g/mol. The van der Waals surface area contributed by atoms with Gasteiger partial charge in [0.05, 0.1) is 6.61 Å². The zero-order valence-electron chi connectivity index (χ0n) is 5.44. The fourth-order valence-corrected chi connectivity index (χ4v) is 0.366. The zero-order chi connectivity index (χ0) is 7.11. The fourth-order valence-electron chi connectivity index (χ4n) is 0.366. The molecule has 0 rings (SSSR count). The minimum absolute atomic E-state index is 0.00736. The Morgan fingerprint density at radius 3 is 2.89 bits per heavy atom. The van der Waals surface area contributed by atoms with Crippen LogP contribution in [0, 0.1) is 0 Å². The molecule has 0 unspecified atom stereocenters. The van der Waals surface area contributed by atoms with Crippen molar-refractivity contribution in [3.63, 3.8) is 0 Å². The van der Waals surface area contributed by atoms with E-state index in [4.69, 9.17) is 5.90 Å². The van der Waals surface area contributed by atoms with Crippen LogP contribution < -0.4 is 11.2 Å². The first-order chi connectivity index (χ1) is 4.31. The molecule has 0 aliphatic heterocycles. The molecule has 0 fully saturated rings. The second-order valence-corrected chi connectivity index (χ2v) is 1.55. The number of carbonyl (C=O) groups is 1. The maximum atomic E-state index is 10.5. The van der Waals surface area contributed by atoms with Crippen LogP contribution in [0.4, 0.5) is 0 Å². The SMILES string of the molecule is CCC(=O)NCCO[NH]. The molecule has 9 heavy (non-hydrogen) atoms. The molecule has 0 aromatic heterocycles. The first-order valence-corrected chi connectivity index (χ1v) is 2.86. The Kier molecular flexibility index (Phi) is 5.15. The predicted molar refractivity (Wildman–Crippen MR) is 32.3 cm³/mol. The molecule has 2 N–H and O–H groups in total. The molecule has 0 atom stereocenters. The molecule has 0 saturated carbocycles. The Labute approximate surface area is 54.3 Å². The van der Waals surface area contributed by atoms with Crippen LogP contribution in [0.25, 0.3) is 0 Å². The van der Waals surface area contributed by atoms with Gasteiger partial charge in [-0.25, -0.2) is 0 Å². The first-order valence-electron chi connectivity index (χ1n) is 2.86. The van der Waals surface area contributed by atoms with E-state index >= 15 is 0 Å². The maximum absolute atomic E-state index is 10.5. The van der Waals surface area contributed by atoms with Gasteiger partial charge in [-0.05, 0) is 0 Å². The third kappa shape index (κ3) is 5.26. The lowest BCUT2D eigenvalue weighted by Crippen LogP contribution is -2.26. The van der Waals surface area contributed by atoms with E-state index in [1.165, 1.54) is 0 Å². The zero-order valence-corrected chi connectivity index (χ0v) is 5.44. The van der Waals surface area contributed by atoms with Crippen molar-refractivity contribution < 1.29 is 9.63 Å². The van der Waals surface area contributed by atoms with E-state index in [0.29, 0.717) is 13.0 Å². The van der Waals surface area contributed by atoms with Crippen molar-refractivity contribution in [2.24, 2.45) is 0 Å². The van der Waals surface area contributed by atoms with Gasteiger partial charge in [0.1, 0.15) is 0 Å². The Hall–Kier alpha value is -0.610. The number of hydrogen-bond donors (Lipinski definition) is 1. The first kappa shape index (κ1) is 8.39. The largest absolute Gasteiger partial charge is 0.354 e. The highest BCUT2D eigenvalue weighted by Gasteiger charge is 1.92. The van der Waals surface area contributed by atoms with Crippen LogP contribution in [0.15, 0.2) is 0 Å². The topological polar surface area (TPSA) is 62.1 Å². The number of hydrogen-bond acceptors (Lipinski definition) is 2. The molecule has 0 aliphatic carbocycles. The molecule has 4 nitrogen and oxygen atoms in total. The molecule has 0 aromatic carbocycles. The highest BCUT2D eigenvalue weighted by atomic mass is 16.6. The quantitative estimate of drug-likeness (QED) is 0.421.